The molecule has 0 aliphatic heterocycles. The molecule has 106 valence electrons. The number of ether oxygens (including phenoxy) is 1. The van der Waals surface area contributed by atoms with Crippen LogP contribution in [0, 0.1) is 0 Å². The lowest BCUT2D eigenvalue weighted by Crippen LogP contribution is -2.01. The highest BCUT2D eigenvalue weighted by molar-refractivity contribution is 7.98. The number of aromatic nitrogens is 2. The van der Waals surface area contributed by atoms with Crippen LogP contribution >= 0.6 is 11.8 Å². The molecule has 0 saturated heterocycles. The number of hydrogen-bond donors (Lipinski definition) is 2. The van der Waals surface area contributed by atoms with Crippen molar-refractivity contribution >= 4 is 29.1 Å². The molecule has 0 spiro atoms. The van der Waals surface area contributed by atoms with E-state index in [9.17, 15) is 0 Å². The predicted molar refractivity (Wildman–Crippen MR) is 84.3 cm³/mol. The SMILES string of the molecule is CCOc1cccc(Nc2cc(NC)nc(SC)n2)c1. The quantitative estimate of drug-likeness (QED) is 0.628. The summed E-state index contributed by atoms with van der Waals surface area (Å²) in [5.74, 6) is 2.38. The minimum absolute atomic E-state index is 0.650. The van der Waals surface area contributed by atoms with Gasteiger partial charge in [0.1, 0.15) is 17.4 Å². The molecule has 6 heteroatoms. The third-order valence-electron chi connectivity index (χ3n) is 2.56. The summed E-state index contributed by atoms with van der Waals surface area (Å²) in [7, 11) is 1.84. The van der Waals surface area contributed by atoms with E-state index < -0.39 is 0 Å². The fourth-order valence-corrected chi connectivity index (χ4v) is 2.07. The highest BCUT2D eigenvalue weighted by atomic mass is 32.2. The predicted octanol–water partition coefficient (Wildman–Crippen LogP) is 3.38. The topological polar surface area (TPSA) is 59.1 Å². The molecule has 0 atom stereocenters. The lowest BCUT2D eigenvalue weighted by molar-refractivity contribution is 0.340. The first-order chi connectivity index (χ1) is 9.75. The number of anilines is 3. The summed E-state index contributed by atoms with van der Waals surface area (Å²) in [6.07, 6.45) is 1.95. The zero-order valence-corrected chi connectivity index (χ0v) is 12.6. The zero-order chi connectivity index (χ0) is 14.4. The Balaban J connectivity index is 2.22. The molecule has 0 amide bonds. The molecule has 2 N–H and O–H groups in total. The second kappa shape index (κ2) is 7.00. The second-order valence-electron chi connectivity index (χ2n) is 3.96. The van der Waals surface area contributed by atoms with E-state index in [4.69, 9.17) is 4.74 Å². The van der Waals surface area contributed by atoms with Gasteiger partial charge in [-0.2, -0.15) is 0 Å². The van der Waals surface area contributed by atoms with Crippen molar-refractivity contribution in [3.63, 3.8) is 0 Å². The van der Waals surface area contributed by atoms with Crippen molar-refractivity contribution in [2.75, 3.05) is 30.5 Å². The number of rotatable bonds is 6. The fraction of sp³-hybridized carbons (Fsp3) is 0.286. The monoisotopic (exact) mass is 290 g/mol. The first-order valence-electron chi connectivity index (χ1n) is 6.36. The molecule has 1 aromatic heterocycles. The maximum absolute atomic E-state index is 5.48. The van der Waals surface area contributed by atoms with Gasteiger partial charge in [-0.25, -0.2) is 9.97 Å². The average Bonchev–Trinajstić information content (AvgIpc) is 2.47. The normalized spacial score (nSPS) is 10.2. The van der Waals surface area contributed by atoms with Crippen LogP contribution in [0.4, 0.5) is 17.3 Å². The Kier molecular flexibility index (Phi) is 5.06. The van der Waals surface area contributed by atoms with E-state index in [0.29, 0.717) is 6.61 Å². The van der Waals surface area contributed by atoms with Crippen LogP contribution in [0.5, 0.6) is 5.75 Å². The van der Waals surface area contributed by atoms with E-state index >= 15 is 0 Å². The molecule has 0 unspecified atom stereocenters. The summed E-state index contributed by atoms with van der Waals surface area (Å²) < 4.78 is 5.48. The van der Waals surface area contributed by atoms with E-state index in [1.165, 1.54) is 11.8 Å². The van der Waals surface area contributed by atoms with Gasteiger partial charge < -0.3 is 15.4 Å². The van der Waals surface area contributed by atoms with Crippen LogP contribution < -0.4 is 15.4 Å². The van der Waals surface area contributed by atoms with Crippen LogP contribution in [0.3, 0.4) is 0 Å². The van der Waals surface area contributed by atoms with E-state index in [1.54, 1.807) is 0 Å². The maximum atomic E-state index is 5.48. The van der Waals surface area contributed by atoms with Crippen molar-refractivity contribution in [2.45, 2.75) is 12.1 Å². The van der Waals surface area contributed by atoms with Crippen LogP contribution in [0.1, 0.15) is 6.92 Å². The molecule has 0 radical (unpaired) electrons. The fourth-order valence-electron chi connectivity index (χ4n) is 1.69. The Morgan fingerprint density at radius 3 is 2.70 bits per heavy atom. The van der Waals surface area contributed by atoms with Gasteiger partial charge >= 0.3 is 0 Å². The molecule has 2 aromatic rings. The second-order valence-corrected chi connectivity index (χ2v) is 4.73. The number of nitrogens with zero attached hydrogens (tertiary/aromatic N) is 2. The standard InChI is InChI=1S/C14H18N4OS/c1-4-19-11-7-5-6-10(8-11)16-13-9-12(15-2)17-14(18-13)20-3/h5-9H,4H2,1-3H3,(H2,15,16,17,18). The summed E-state index contributed by atoms with van der Waals surface area (Å²) in [4.78, 5) is 8.77. The third kappa shape index (κ3) is 3.77. The largest absolute Gasteiger partial charge is 0.494 e. The molecule has 2 rings (SSSR count). The summed E-state index contributed by atoms with van der Waals surface area (Å²) in [5.41, 5.74) is 0.934. The van der Waals surface area contributed by atoms with Crippen LogP contribution in [0.2, 0.25) is 0 Å². The van der Waals surface area contributed by atoms with Crippen LogP contribution in [-0.2, 0) is 0 Å². The van der Waals surface area contributed by atoms with Crippen LogP contribution in [0.15, 0.2) is 35.5 Å². The van der Waals surface area contributed by atoms with Crippen molar-refractivity contribution in [1.29, 1.82) is 0 Å². The van der Waals surface area contributed by atoms with Crippen molar-refractivity contribution in [2.24, 2.45) is 0 Å². The van der Waals surface area contributed by atoms with E-state index in [-0.39, 0.29) is 0 Å². The van der Waals surface area contributed by atoms with E-state index in [2.05, 4.69) is 20.6 Å². The summed E-state index contributed by atoms with van der Waals surface area (Å²) in [6.45, 7) is 2.62. The first kappa shape index (κ1) is 14.5. The van der Waals surface area contributed by atoms with Gasteiger partial charge in [-0.1, -0.05) is 17.8 Å². The minimum Gasteiger partial charge on any atom is -0.494 e. The number of benzene rings is 1. The lowest BCUT2D eigenvalue weighted by Gasteiger charge is -2.10. The molecule has 0 aliphatic rings. The van der Waals surface area contributed by atoms with Gasteiger partial charge in [-0.3, -0.25) is 0 Å². The third-order valence-corrected chi connectivity index (χ3v) is 3.11. The maximum Gasteiger partial charge on any atom is 0.191 e. The van der Waals surface area contributed by atoms with Gasteiger partial charge in [0.2, 0.25) is 0 Å². The summed E-state index contributed by atoms with van der Waals surface area (Å²) in [6, 6.07) is 9.67. The van der Waals surface area contributed by atoms with Crippen LogP contribution in [-0.4, -0.2) is 29.9 Å². The first-order valence-corrected chi connectivity index (χ1v) is 7.58. The molecule has 0 fully saturated rings. The molecule has 1 aromatic carbocycles. The molecule has 0 bridgehead atoms. The van der Waals surface area contributed by atoms with Crippen molar-refractivity contribution in [3.8, 4) is 5.75 Å². The Morgan fingerprint density at radius 2 is 2.00 bits per heavy atom. The Bertz CT molecular complexity index is 555. The van der Waals surface area contributed by atoms with E-state index in [0.717, 1.165) is 28.2 Å². The molecule has 0 aliphatic carbocycles. The van der Waals surface area contributed by atoms with Gasteiger partial charge in [-0.15, -0.1) is 0 Å². The lowest BCUT2D eigenvalue weighted by atomic mass is 10.3. The summed E-state index contributed by atoms with van der Waals surface area (Å²) in [5, 5.41) is 7.02. The Morgan fingerprint density at radius 1 is 1.20 bits per heavy atom. The van der Waals surface area contributed by atoms with Gasteiger partial charge in [0.25, 0.3) is 0 Å². The van der Waals surface area contributed by atoms with Gasteiger partial charge in [0.15, 0.2) is 5.16 Å². The Labute approximate surface area is 123 Å². The summed E-state index contributed by atoms with van der Waals surface area (Å²) >= 11 is 1.51. The molecular weight excluding hydrogens is 272 g/mol. The van der Waals surface area contributed by atoms with Crippen molar-refractivity contribution < 1.29 is 4.74 Å². The molecule has 5 nitrogen and oxygen atoms in total. The van der Waals surface area contributed by atoms with Gasteiger partial charge in [-0.05, 0) is 25.3 Å². The molecule has 20 heavy (non-hydrogen) atoms. The smallest absolute Gasteiger partial charge is 0.191 e. The highest BCUT2D eigenvalue weighted by Crippen LogP contribution is 2.23. The molecule has 1 heterocycles. The van der Waals surface area contributed by atoms with Crippen molar-refractivity contribution in [3.05, 3.63) is 30.3 Å². The van der Waals surface area contributed by atoms with Gasteiger partial charge in [0.05, 0.1) is 6.61 Å². The number of thioether (sulfide) groups is 1. The number of hydrogen-bond acceptors (Lipinski definition) is 6. The van der Waals surface area contributed by atoms with E-state index in [1.807, 2.05) is 50.6 Å². The Hall–Kier alpha value is -1.95. The molecular formula is C14H18N4OS. The zero-order valence-electron chi connectivity index (χ0n) is 11.8. The number of nitrogens with one attached hydrogen (secondary N) is 2. The minimum atomic E-state index is 0.650. The molecule has 0 saturated carbocycles. The van der Waals surface area contributed by atoms with Crippen molar-refractivity contribution in [1.82, 2.24) is 9.97 Å². The van der Waals surface area contributed by atoms with Crippen LogP contribution in [0.25, 0.3) is 0 Å². The highest BCUT2D eigenvalue weighted by Gasteiger charge is 2.04. The average molecular weight is 290 g/mol. The van der Waals surface area contributed by atoms with Gasteiger partial charge in [0, 0.05) is 24.9 Å².